The zero-order valence-electron chi connectivity index (χ0n) is 10.2. The molecule has 0 aliphatic carbocycles. The van der Waals surface area contributed by atoms with E-state index in [1.807, 2.05) is 13.0 Å². The maximum atomic E-state index is 13.7. The third-order valence-corrected chi connectivity index (χ3v) is 3.13. The van der Waals surface area contributed by atoms with Crippen LogP contribution >= 0.6 is 11.6 Å². The average molecular weight is 269 g/mol. The van der Waals surface area contributed by atoms with Crippen molar-refractivity contribution in [2.24, 2.45) is 7.05 Å². The minimum atomic E-state index is -0.932. The summed E-state index contributed by atoms with van der Waals surface area (Å²) in [5.74, 6) is -0.564. The number of rotatable bonds is 3. The lowest BCUT2D eigenvalue weighted by molar-refractivity contribution is 0.171. The normalized spacial score (nSPS) is 12.7. The first kappa shape index (κ1) is 13.1. The molecule has 96 valence electrons. The van der Waals surface area contributed by atoms with E-state index in [-0.39, 0.29) is 10.6 Å². The van der Waals surface area contributed by atoms with Crippen LogP contribution in [0.3, 0.4) is 0 Å². The van der Waals surface area contributed by atoms with Gasteiger partial charge in [0.1, 0.15) is 5.82 Å². The third kappa shape index (κ3) is 2.54. The highest BCUT2D eigenvalue weighted by molar-refractivity contribution is 6.30. The number of aromatic nitrogens is 2. The Morgan fingerprint density at radius 1 is 1.50 bits per heavy atom. The molecule has 0 fully saturated rings. The van der Waals surface area contributed by atoms with Gasteiger partial charge < -0.3 is 5.11 Å². The fraction of sp³-hybridized carbons (Fsp3) is 0.308. The SMILES string of the molecule is Cc1cc(CC(O)c2cccc(Cl)c2F)n(C)n1. The van der Waals surface area contributed by atoms with Crippen LogP contribution in [0.25, 0.3) is 0 Å². The maximum Gasteiger partial charge on any atom is 0.147 e. The molecule has 0 saturated carbocycles. The van der Waals surface area contributed by atoms with E-state index in [2.05, 4.69) is 5.10 Å². The second-order valence-corrected chi connectivity index (χ2v) is 4.67. The second kappa shape index (κ2) is 5.08. The van der Waals surface area contributed by atoms with Gasteiger partial charge in [0.25, 0.3) is 0 Å². The summed E-state index contributed by atoms with van der Waals surface area (Å²) in [5.41, 5.74) is 1.92. The molecule has 5 heteroatoms. The Morgan fingerprint density at radius 3 is 2.83 bits per heavy atom. The van der Waals surface area contributed by atoms with Gasteiger partial charge in [0.05, 0.1) is 16.8 Å². The van der Waals surface area contributed by atoms with Crippen LogP contribution in [0.5, 0.6) is 0 Å². The minimum Gasteiger partial charge on any atom is -0.388 e. The molecule has 0 spiro atoms. The van der Waals surface area contributed by atoms with Gasteiger partial charge in [-0.15, -0.1) is 0 Å². The van der Waals surface area contributed by atoms with Crippen molar-refractivity contribution in [3.05, 3.63) is 52.1 Å². The molecule has 1 unspecified atom stereocenters. The van der Waals surface area contributed by atoms with Crippen LogP contribution < -0.4 is 0 Å². The molecule has 0 saturated heterocycles. The maximum absolute atomic E-state index is 13.7. The van der Waals surface area contributed by atoms with E-state index in [9.17, 15) is 9.50 Å². The van der Waals surface area contributed by atoms with Crippen molar-refractivity contribution in [1.82, 2.24) is 9.78 Å². The lowest BCUT2D eigenvalue weighted by atomic mass is 10.0. The van der Waals surface area contributed by atoms with E-state index in [1.165, 1.54) is 12.1 Å². The predicted octanol–water partition coefficient (Wildman–Crippen LogP) is 2.80. The van der Waals surface area contributed by atoms with E-state index in [1.54, 1.807) is 17.8 Å². The summed E-state index contributed by atoms with van der Waals surface area (Å²) in [5, 5.41) is 14.3. The molecule has 0 aliphatic rings. The zero-order chi connectivity index (χ0) is 13.3. The van der Waals surface area contributed by atoms with Crippen LogP contribution in [0.4, 0.5) is 4.39 Å². The smallest absolute Gasteiger partial charge is 0.147 e. The fourth-order valence-electron chi connectivity index (χ4n) is 1.94. The molecule has 2 rings (SSSR count). The van der Waals surface area contributed by atoms with Crippen molar-refractivity contribution >= 4 is 11.6 Å². The number of benzene rings is 1. The number of aryl methyl sites for hydroxylation is 2. The highest BCUT2D eigenvalue weighted by Crippen LogP contribution is 2.25. The van der Waals surface area contributed by atoms with Crippen LogP contribution in [-0.2, 0) is 13.5 Å². The van der Waals surface area contributed by atoms with Crippen molar-refractivity contribution in [3.8, 4) is 0 Å². The second-order valence-electron chi connectivity index (χ2n) is 4.26. The van der Waals surface area contributed by atoms with Gasteiger partial charge in [0.2, 0.25) is 0 Å². The van der Waals surface area contributed by atoms with E-state index >= 15 is 0 Å². The summed E-state index contributed by atoms with van der Waals surface area (Å²) < 4.78 is 15.4. The first-order valence-electron chi connectivity index (χ1n) is 5.60. The highest BCUT2D eigenvalue weighted by atomic mass is 35.5. The van der Waals surface area contributed by atoms with Crippen LogP contribution in [0.2, 0.25) is 5.02 Å². The van der Waals surface area contributed by atoms with E-state index < -0.39 is 11.9 Å². The van der Waals surface area contributed by atoms with Crippen molar-refractivity contribution in [2.75, 3.05) is 0 Å². The molecule has 0 amide bonds. The van der Waals surface area contributed by atoms with Crippen molar-refractivity contribution < 1.29 is 9.50 Å². The lowest BCUT2D eigenvalue weighted by Gasteiger charge is -2.12. The Hall–Kier alpha value is -1.39. The first-order valence-corrected chi connectivity index (χ1v) is 5.98. The molecule has 1 aromatic carbocycles. The van der Waals surface area contributed by atoms with Gasteiger partial charge in [0.15, 0.2) is 0 Å². The molecule has 0 aliphatic heterocycles. The monoisotopic (exact) mass is 268 g/mol. The van der Waals surface area contributed by atoms with Gasteiger partial charge in [-0.25, -0.2) is 4.39 Å². The van der Waals surface area contributed by atoms with Crippen LogP contribution in [0, 0.1) is 12.7 Å². The summed E-state index contributed by atoms with van der Waals surface area (Å²) in [6.45, 7) is 1.87. The van der Waals surface area contributed by atoms with Gasteiger partial charge in [-0.05, 0) is 19.1 Å². The largest absolute Gasteiger partial charge is 0.388 e. The fourth-order valence-corrected chi connectivity index (χ4v) is 2.12. The molecule has 18 heavy (non-hydrogen) atoms. The van der Waals surface area contributed by atoms with Crippen molar-refractivity contribution in [3.63, 3.8) is 0 Å². The standard InChI is InChI=1S/C13H14ClFN2O/c1-8-6-9(17(2)16-8)7-12(18)10-4-3-5-11(14)13(10)15/h3-6,12,18H,7H2,1-2H3. The van der Waals surface area contributed by atoms with E-state index in [0.29, 0.717) is 6.42 Å². The Bertz CT molecular complexity index is 568. The first-order chi connectivity index (χ1) is 8.49. The highest BCUT2D eigenvalue weighted by Gasteiger charge is 2.17. The van der Waals surface area contributed by atoms with Gasteiger partial charge >= 0.3 is 0 Å². The van der Waals surface area contributed by atoms with Crippen LogP contribution in [-0.4, -0.2) is 14.9 Å². The van der Waals surface area contributed by atoms with Gasteiger partial charge in [0, 0.05) is 24.7 Å². The summed E-state index contributed by atoms with van der Waals surface area (Å²) in [6.07, 6.45) is -0.632. The number of aliphatic hydroxyl groups is 1. The molecular weight excluding hydrogens is 255 g/mol. The predicted molar refractivity (Wildman–Crippen MR) is 68.0 cm³/mol. The Labute approximate surface area is 110 Å². The molecule has 1 heterocycles. The molecule has 1 aromatic heterocycles. The van der Waals surface area contributed by atoms with Crippen LogP contribution in [0.15, 0.2) is 24.3 Å². The molecule has 2 aromatic rings. The topological polar surface area (TPSA) is 38.0 Å². The lowest BCUT2D eigenvalue weighted by Crippen LogP contribution is -2.08. The Kier molecular flexibility index (Phi) is 3.68. The molecule has 3 nitrogen and oxygen atoms in total. The number of hydrogen-bond acceptors (Lipinski definition) is 2. The third-order valence-electron chi connectivity index (χ3n) is 2.84. The summed E-state index contributed by atoms with van der Waals surface area (Å²) >= 11 is 5.69. The van der Waals surface area contributed by atoms with Crippen molar-refractivity contribution in [2.45, 2.75) is 19.4 Å². The molecule has 1 N–H and O–H groups in total. The Balaban J connectivity index is 2.24. The molecule has 1 atom stereocenters. The number of hydrogen-bond donors (Lipinski definition) is 1. The van der Waals surface area contributed by atoms with E-state index in [4.69, 9.17) is 11.6 Å². The minimum absolute atomic E-state index is 0.0211. The van der Waals surface area contributed by atoms with Crippen molar-refractivity contribution in [1.29, 1.82) is 0 Å². The summed E-state index contributed by atoms with van der Waals surface area (Å²) in [4.78, 5) is 0. The van der Waals surface area contributed by atoms with Gasteiger partial charge in [-0.1, -0.05) is 23.7 Å². The molecule has 0 bridgehead atoms. The van der Waals surface area contributed by atoms with E-state index in [0.717, 1.165) is 11.4 Å². The quantitative estimate of drug-likeness (QED) is 0.930. The summed E-state index contributed by atoms with van der Waals surface area (Å²) in [7, 11) is 1.80. The average Bonchev–Trinajstić information content (AvgIpc) is 2.61. The number of halogens is 2. The Morgan fingerprint density at radius 2 is 2.22 bits per heavy atom. The number of aliphatic hydroxyl groups excluding tert-OH is 1. The van der Waals surface area contributed by atoms with Gasteiger partial charge in [-0.3, -0.25) is 4.68 Å². The number of nitrogens with zero attached hydrogens (tertiary/aromatic N) is 2. The zero-order valence-corrected chi connectivity index (χ0v) is 10.9. The van der Waals surface area contributed by atoms with Crippen LogP contribution in [0.1, 0.15) is 23.1 Å². The molecular formula is C13H14ClFN2O. The molecule has 0 radical (unpaired) electrons. The van der Waals surface area contributed by atoms with Gasteiger partial charge in [-0.2, -0.15) is 5.10 Å². The summed E-state index contributed by atoms with van der Waals surface area (Å²) in [6, 6.07) is 6.49.